The summed E-state index contributed by atoms with van der Waals surface area (Å²) < 4.78 is 4.48. The Hall–Kier alpha value is -7.31. The van der Waals surface area contributed by atoms with Crippen molar-refractivity contribution in [2.75, 3.05) is 0 Å². The molecule has 1 N–H and O–H groups in total. The topological polar surface area (TPSA) is 59.5 Å². The minimum Gasteiger partial charge on any atom is -0.344 e. The molecule has 11 rings (SSSR count). The van der Waals surface area contributed by atoms with Crippen LogP contribution in [0.1, 0.15) is 22.9 Å². The van der Waals surface area contributed by atoms with Gasteiger partial charge in [0.1, 0.15) is 12.0 Å². The third-order valence-electron chi connectivity index (χ3n) is 10.6. The van der Waals surface area contributed by atoms with Crippen molar-refractivity contribution in [2.24, 2.45) is 9.98 Å². The van der Waals surface area contributed by atoms with Crippen molar-refractivity contribution in [3.63, 3.8) is 0 Å². The number of nitrogens with one attached hydrogen (secondary N) is 1. The van der Waals surface area contributed by atoms with Gasteiger partial charge < -0.3 is 9.88 Å². The average Bonchev–Trinajstić information content (AvgIpc) is 3.85. The Balaban J connectivity index is 1.20. The van der Waals surface area contributed by atoms with E-state index in [0.29, 0.717) is 5.84 Å². The molecule has 10 aromatic rings. The van der Waals surface area contributed by atoms with Crippen LogP contribution in [0, 0.1) is 0 Å². The summed E-state index contributed by atoms with van der Waals surface area (Å²) in [6, 6.07) is 61.7. The Labute approximate surface area is 311 Å². The number of nitrogens with zero attached hydrogens (tertiary/aromatic N) is 5. The number of hydrogen-bond donors (Lipinski definition) is 1. The molecule has 0 amide bonds. The normalized spacial score (nSPS) is 14.5. The van der Waals surface area contributed by atoms with Crippen molar-refractivity contribution in [3.05, 3.63) is 199 Å². The number of aliphatic imine (C=N–C) groups is 2. The third kappa shape index (κ3) is 4.70. The van der Waals surface area contributed by atoms with Crippen LogP contribution in [0.15, 0.2) is 192 Å². The van der Waals surface area contributed by atoms with Crippen molar-refractivity contribution in [1.82, 2.24) is 19.7 Å². The molecule has 0 saturated heterocycles. The zero-order chi connectivity index (χ0) is 35.6. The first-order valence-electron chi connectivity index (χ1n) is 18.2. The number of aromatic nitrogens is 3. The number of hydrogen-bond acceptors (Lipinski definition) is 4. The highest BCUT2D eigenvalue weighted by Crippen LogP contribution is 2.45. The molecule has 1 atom stereocenters. The lowest BCUT2D eigenvalue weighted by Gasteiger charge is -2.24. The lowest BCUT2D eigenvalue weighted by molar-refractivity contribution is 0.674. The first-order chi connectivity index (χ1) is 26.8. The summed E-state index contributed by atoms with van der Waals surface area (Å²) >= 11 is 0. The molecule has 1 unspecified atom stereocenters. The minimum absolute atomic E-state index is 0.282. The van der Waals surface area contributed by atoms with Crippen LogP contribution in [0.4, 0.5) is 0 Å². The van der Waals surface area contributed by atoms with Gasteiger partial charge >= 0.3 is 0 Å². The van der Waals surface area contributed by atoms with Crippen LogP contribution < -0.4 is 5.32 Å². The summed E-state index contributed by atoms with van der Waals surface area (Å²) in [5.74, 6) is 1.48. The predicted octanol–water partition coefficient (Wildman–Crippen LogP) is 10.9. The first kappa shape index (κ1) is 30.3. The van der Waals surface area contributed by atoms with Gasteiger partial charge in [0.25, 0.3) is 0 Å². The van der Waals surface area contributed by atoms with Crippen LogP contribution in [0.5, 0.6) is 0 Å². The lowest BCUT2D eigenvalue weighted by Crippen LogP contribution is -2.33. The van der Waals surface area contributed by atoms with Gasteiger partial charge in [0.15, 0.2) is 5.84 Å². The summed E-state index contributed by atoms with van der Waals surface area (Å²) in [5, 5.41) is 16.9. The minimum atomic E-state index is -0.282. The van der Waals surface area contributed by atoms with Gasteiger partial charge in [-0.05, 0) is 58.1 Å². The summed E-state index contributed by atoms with van der Waals surface area (Å²) in [7, 11) is 0. The molecule has 0 fully saturated rings. The summed E-state index contributed by atoms with van der Waals surface area (Å²) in [5.41, 5.74) is 8.46. The molecule has 0 aliphatic carbocycles. The van der Waals surface area contributed by atoms with Gasteiger partial charge in [-0.2, -0.15) is 5.10 Å². The van der Waals surface area contributed by atoms with Crippen molar-refractivity contribution in [2.45, 2.75) is 6.17 Å². The predicted molar refractivity (Wildman–Crippen MR) is 222 cm³/mol. The van der Waals surface area contributed by atoms with E-state index >= 15 is 0 Å². The second kappa shape index (κ2) is 12.1. The van der Waals surface area contributed by atoms with Crippen LogP contribution in [0.25, 0.3) is 65.6 Å². The van der Waals surface area contributed by atoms with Gasteiger partial charge in [-0.25, -0.2) is 14.7 Å². The fourth-order valence-electron chi connectivity index (χ4n) is 8.22. The maximum atomic E-state index is 5.21. The number of para-hydroxylation sites is 1. The average molecular weight is 693 g/mol. The first-order valence-corrected chi connectivity index (χ1v) is 18.2. The molecule has 0 spiro atoms. The summed E-state index contributed by atoms with van der Waals surface area (Å²) in [6.07, 6.45) is 1.75. The Morgan fingerprint density at radius 1 is 0.481 bits per heavy atom. The lowest BCUT2D eigenvalue weighted by atomic mass is 9.96. The summed E-state index contributed by atoms with van der Waals surface area (Å²) in [6.45, 7) is 0. The monoisotopic (exact) mass is 692 g/mol. The standard InChI is InChI=1S/C48H32N6/c1-4-15-31(16-5-1)46-50-47(32-17-6-2-7-18-32)52-48(51-46)33-19-14-22-35(29-33)53-42-28-27-41-40(30-49-54(41)34-20-8-3-9-21-34)43(42)44-38-25-12-10-23-36(38)37-24-11-13-26-39(37)45(44)53/h1-30,46H,(H,50,51,52). The molecule has 6 nitrogen and oxygen atoms in total. The quantitative estimate of drug-likeness (QED) is 0.183. The van der Waals surface area contributed by atoms with Crippen LogP contribution in [0.3, 0.4) is 0 Å². The van der Waals surface area contributed by atoms with E-state index in [1.165, 1.54) is 37.8 Å². The Morgan fingerprint density at radius 2 is 1.09 bits per heavy atom. The van der Waals surface area contributed by atoms with E-state index in [1.807, 2.05) is 41.2 Å². The van der Waals surface area contributed by atoms with Crippen LogP contribution in [-0.2, 0) is 0 Å². The smallest absolute Gasteiger partial charge is 0.159 e. The highest BCUT2D eigenvalue weighted by Gasteiger charge is 2.24. The second-order valence-electron chi connectivity index (χ2n) is 13.7. The Bertz CT molecular complexity index is 3120. The van der Waals surface area contributed by atoms with Gasteiger partial charge in [-0.3, -0.25) is 0 Å². The number of amidine groups is 2. The molecule has 1 aliphatic heterocycles. The fourth-order valence-corrected chi connectivity index (χ4v) is 8.22. The van der Waals surface area contributed by atoms with Gasteiger partial charge in [-0.1, -0.05) is 140 Å². The molecule has 6 heteroatoms. The Kier molecular flexibility index (Phi) is 6.82. The SMILES string of the molecule is c1ccc(C2=NC(c3cccc(-n4c5ccc6c(cnn6-c6ccccc6)c5c5c6ccccc6c6ccccc6c54)c3)=NC(c3ccccc3)N2)cc1. The van der Waals surface area contributed by atoms with Crippen LogP contribution in [-0.4, -0.2) is 26.0 Å². The highest BCUT2D eigenvalue weighted by molar-refractivity contribution is 6.35. The van der Waals surface area contributed by atoms with E-state index in [2.05, 4.69) is 155 Å². The van der Waals surface area contributed by atoms with Crippen molar-refractivity contribution >= 4 is 65.9 Å². The molecule has 0 bridgehead atoms. The molecule has 54 heavy (non-hydrogen) atoms. The van der Waals surface area contributed by atoms with Crippen molar-refractivity contribution in [1.29, 1.82) is 0 Å². The van der Waals surface area contributed by atoms with Crippen molar-refractivity contribution in [3.8, 4) is 11.4 Å². The van der Waals surface area contributed by atoms with E-state index < -0.39 is 0 Å². The van der Waals surface area contributed by atoms with Gasteiger partial charge in [-0.15, -0.1) is 0 Å². The van der Waals surface area contributed by atoms with E-state index in [-0.39, 0.29) is 6.17 Å². The second-order valence-corrected chi connectivity index (χ2v) is 13.7. The number of fused-ring (bicyclic) bond motifs is 10. The highest BCUT2D eigenvalue weighted by atomic mass is 15.3. The van der Waals surface area contributed by atoms with E-state index in [0.717, 1.165) is 50.3 Å². The van der Waals surface area contributed by atoms with Gasteiger partial charge in [0, 0.05) is 38.4 Å². The molecular formula is C48H32N6. The fraction of sp³-hybridized carbons (Fsp3) is 0.0208. The van der Waals surface area contributed by atoms with Crippen molar-refractivity contribution < 1.29 is 0 Å². The third-order valence-corrected chi connectivity index (χ3v) is 10.6. The molecule has 0 saturated carbocycles. The van der Waals surface area contributed by atoms with Crippen LogP contribution >= 0.6 is 0 Å². The van der Waals surface area contributed by atoms with E-state index in [4.69, 9.17) is 15.1 Å². The molecule has 254 valence electrons. The van der Waals surface area contributed by atoms with Gasteiger partial charge in [0.2, 0.25) is 0 Å². The zero-order valence-electron chi connectivity index (χ0n) is 29.1. The molecular weight excluding hydrogens is 661 g/mol. The number of benzene rings is 8. The van der Waals surface area contributed by atoms with E-state index in [1.54, 1.807) is 0 Å². The maximum absolute atomic E-state index is 5.21. The van der Waals surface area contributed by atoms with Crippen LogP contribution in [0.2, 0.25) is 0 Å². The maximum Gasteiger partial charge on any atom is 0.159 e. The molecule has 2 aromatic heterocycles. The Morgan fingerprint density at radius 3 is 1.87 bits per heavy atom. The molecule has 0 radical (unpaired) electrons. The van der Waals surface area contributed by atoms with E-state index in [9.17, 15) is 0 Å². The molecule has 8 aromatic carbocycles. The largest absolute Gasteiger partial charge is 0.344 e. The summed E-state index contributed by atoms with van der Waals surface area (Å²) in [4.78, 5) is 10.3. The van der Waals surface area contributed by atoms with Gasteiger partial charge in [0.05, 0.1) is 28.4 Å². The number of rotatable bonds is 5. The molecule has 3 heterocycles. The zero-order valence-corrected chi connectivity index (χ0v) is 29.1. The molecule has 1 aliphatic rings.